The van der Waals surface area contributed by atoms with Crippen LogP contribution in [0, 0.1) is 16.0 Å². The van der Waals surface area contributed by atoms with Crippen LogP contribution in [0.4, 0.5) is 0 Å². The number of nitrogens with zero attached hydrogens (tertiary/aromatic N) is 4. The van der Waals surface area contributed by atoms with Crippen LogP contribution in [-0.4, -0.2) is 25.4 Å². The third-order valence-corrected chi connectivity index (χ3v) is 5.10. The fourth-order valence-corrected chi connectivity index (χ4v) is 3.82. The van der Waals surface area contributed by atoms with Crippen molar-refractivity contribution >= 4 is 11.8 Å². The molecule has 0 amide bonds. The van der Waals surface area contributed by atoms with Crippen LogP contribution in [0.2, 0.25) is 0 Å². The molecule has 6 nitrogen and oxygen atoms in total. The summed E-state index contributed by atoms with van der Waals surface area (Å²) in [6.45, 7) is 4.46. The maximum Gasteiger partial charge on any atom is 0.218 e. The number of thioether (sulfide) groups is 1. The largest absolute Gasteiger partial charge is 0.336 e. The third kappa shape index (κ3) is 3.93. The van der Waals surface area contributed by atoms with Crippen molar-refractivity contribution < 1.29 is 5.03 Å². The summed E-state index contributed by atoms with van der Waals surface area (Å²) in [4.78, 5) is 19.1. The maximum absolute atomic E-state index is 11.8. The topological polar surface area (TPSA) is 62.5 Å². The van der Waals surface area contributed by atoms with Gasteiger partial charge in [-0.1, -0.05) is 54.9 Å². The van der Waals surface area contributed by atoms with Gasteiger partial charge in [-0.25, -0.2) is 10.1 Å². The van der Waals surface area contributed by atoms with Crippen LogP contribution in [0.25, 0.3) is 0 Å². The Morgan fingerprint density at radius 1 is 1.20 bits per heavy atom. The van der Waals surface area contributed by atoms with Crippen molar-refractivity contribution in [3.63, 3.8) is 0 Å². The lowest BCUT2D eigenvalue weighted by atomic mass is 10.1. The molecule has 0 aliphatic carbocycles. The number of pyridine rings is 1. The Hall–Kier alpha value is -2.54. The average Bonchev–Trinajstić information content (AvgIpc) is 2.95. The van der Waals surface area contributed by atoms with E-state index in [0.29, 0.717) is 12.2 Å². The summed E-state index contributed by atoms with van der Waals surface area (Å²) in [7, 11) is 0. The summed E-state index contributed by atoms with van der Waals surface area (Å²) >= 11 is 1.47. The van der Waals surface area contributed by atoms with E-state index in [9.17, 15) is 10.1 Å². The number of rotatable bonds is 6. The van der Waals surface area contributed by atoms with Crippen molar-refractivity contribution in [1.82, 2.24) is 14.9 Å². The molecule has 0 fully saturated rings. The molecule has 25 heavy (non-hydrogen) atoms. The molecular weight excluding hydrogens is 336 g/mol. The Labute approximate surface area is 151 Å². The lowest BCUT2D eigenvalue weighted by molar-refractivity contribution is -0.649. The highest BCUT2D eigenvalue weighted by molar-refractivity contribution is 7.99. The zero-order valence-electron chi connectivity index (χ0n) is 14.1. The van der Waals surface area contributed by atoms with Crippen molar-refractivity contribution in [3.05, 3.63) is 82.4 Å². The predicted octanol–water partition coefficient (Wildman–Crippen LogP) is 3.96. The smallest absolute Gasteiger partial charge is 0.218 e. The molecule has 3 rings (SSSR count). The van der Waals surface area contributed by atoms with E-state index in [1.165, 1.54) is 16.8 Å². The molecule has 0 saturated carbocycles. The third-order valence-electron chi connectivity index (χ3n) is 3.88. The summed E-state index contributed by atoms with van der Waals surface area (Å²) in [6.07, 6.45) is 3.63. The van der Waals surface area contributed by atoms with Crippen LogP contribution in [0.5, 0.6) is 0 Å². The monoisotopic (exact) mass is 356 g/mol. The minimum atomic E-state index is -0.447. The molecule has 1 aliphatic rings. The van der Waals surface area contributed by atoms with Gasteiger partial charge in [0.2, 0.25) is 5.50 Å². The van der Waals surface area contributed by atoms with E-state index in [-0.39, 0.29) is 11.0 Å². The SMILES string of the molecule is CC(C)C1=CN(Cc2ccccn2)C(Sc2ccccc2)N1[N+](=O)[O-]. The highest BCUT2D eigenvalue weighted by Crippen LogP contribution is 2.38. The van der Waals surface area contributed by atoms with E-state index in [1.807, 2.05) is 73.5 Å². The molecule has 1 unspecified atom stereocenters. The Balaban J connectivity index is 1.91. The molecule has 1 aromatic heterocycles. The van der Waals surface area contributed by atoms with Crippen LogP contribution in [0.15, 0.2) is 71.5 Å². The van der Waals surface area contributed by atoms with Crippen LogP contribution in [0.3, 0.4) is 0 Å². The van der Waals surface area contributed by atoms with E-state index < -0.39 is 5.50 Å². The fraction of sp³-hybridized carbons (Fsp3) is 0.278. The van der Waals surface area contributed by atoms with Gasteiger partial charge in [0, 0.05) is 23.2 Å². The first kappa shape index (κ1) is 17.3. The normalized spacial score (nSPS) is 17.1. The molecule has 0 spiro atoms. The first-order valence-electron chi connectivity index (χ1n) is 8.09. The molecule has 2 heterocycles. The van der Waals surface area contributed by atoms with E-state index in [0.717, 1.165) is 10.6 Å². The second kappa shape index (κ2) is 7.57. The van der Waals surface area contributed by atoms with Crippen LogP contribution in [-0.2, 0) is 6.54 Å². The Bertz CT molecular complexity index is 752. The van der Waals surface area contributed by atoms with Gasteiger partial charge in [0.1, 0.15) is 5.70 Å². The maximum atomic E-state index is 11.8. The molecule has 1 atom stereocenters. The number of benzene rings is 1. The van der Waals surface area contributed by atoms with E-state index in [4.69, 9.17) is 0 Å². The van der Waals surface area contributed by atoms with Gasteiger partial charge in [0.15, 0.2) is 5.03 Å². The molecule has 0 radical (unpaired) electrons. The van der Waals surface area contributed by atoms with Gasteiger partial charge in [-0.05, 0) is 24.3 Å². The average molecular weight is 356 g/mol. The van der Waals surface area contributed by atoms with Gasteiger partial charge in [-0.2, -0.15) is 0 Å². The number of aromatic nitrogens is 1. The fourth-order valence-electron chi connectivity index (χ4n) is 2.69. The Kier molecular flexibility index (Phi) is 5.23. The molecule has 130 valence electrons. The Morgan fingerprint density at radius 3 is 2.52 bits per heavy atom. The molecule has 7 heteroatoms. The van der Waals surface area contributed by atoms with Crippen LogP contribution >= 0.6 is 11.8 Å². The second-order valence-corrected chi connectivity index (χ2v) is 7.17. The number of hydrogen-bond donors (Lipinski definition) is 0. The van der Waals surface area contributed by atoms with Gasteiger partial charge in [-0.15, -0.1) is 0 Å². The van der Waals surface area contributed by atoms with Crippen molar-refractivity contribution in [3.8, 4) is 0 Å². The highest BCUT2D eigenvalue weighted by atomic mass is 32.2. The number of allylic oxidation sites excluding steroid dienone is 1. The molecule has 0 N–H and O–H groups in total. The second-order valence-electron chi connectivity index (χ2n) is 6.04. The highest BCUT2D eigenvalue weighted by Gasteiger charge is 2.42. The van der Waals surface area contributed by atoms with Gasteiger partial charge in [-0.3, -0.25) is 4.98 Å². The lowest BCUT2D eigenvalue weighted by Crippen LogP contribution is -2.41. The van der Waals surface area contributed by atoms with Gasteiger partial charge < -0.3 is 4.90 Å². The summed E-state index contributed by atoms with van der Waals surface area (Å²) in [5.41, 5.74) is 1.14. The Morgan fingerprint density at radius 2 is 1.92 bits per heavy atom. The van der Waals surface area contributed by atoms with Crippen molar-refractivity contribution in [2.24, 2.45) is 5.92 Å². The minimum absolute atomic E-state index is 0.0537. The lowest BCUT2D eigenvalue weighted by Gasteiger charge is -2.27. The van der Waals surface area contributed by atoms with Gasteiger partial charge in [0.25, 0.3) is 0 Å². The molecule has 2 aromatic rings. The first-order valence-corrected chi connectivity index (χ1v) is 8.97. The number of nitro groups is 1. The van der Waals surface area contributed by atoms with Crippen LogP contribution in [0.1, 0.15) is 19.5 Å². The predicted molar refractivity (Wildman–Crippen MR) is 97.6 cm³/mol. The zero-order valence-corrected chi connectivity index (χ0v) is 15.0. The van der Waals surface area contributed by atoms with Crippen LogP contribution < -0.4 is 0 Å². The summed E-state index contributed by atoms with van der Waals surface area (Å²) in [6, 6.07) is 15.5. The van der Waals surface area contributed by atoms with Gasteiger partial charge in [0.05, 0.1) is 12.2 Å². The van der Waals surface area contributed by atoms with E-state index in [1.54, 1.807) is 6.20 Å². The molecule has 1 aliphatic heterocycles. The quantitative estimate of drug-likeness (QED) is 0.577. The molecular formula is C18H20N4O2S. The minimum Gasteiger partial charge on any atom is -0.336 e. The van der Waals surface area contributed by atoms with Crippen molar-refractivity contribution in [1.29, 1.82) is 0 Å². The first-order chi connectivity index (χ1) is 12.1. The summed E-state index contributed by atoms with van der Waals surface area (Å²) in [5.74, 6) is 0.0537. The summed E-state index contributed by atoms with van der Waals surface area (Å²) in [5, 5.41) is 12.7. The summed E-state index contributed by atoms with van der Waals surface area (Å²) < 4.78 is 0. The molecule has 1 aromatic carbocycles. The number of hydrazine groups is 1. The molecule has 0 bridgehead atoms. The molecule has 0 saturated heterocycles. The van der Waals surface area contributed by atoms with E-state index in [2.05, 4.69) is 4.98 Å². The number of hydrogen-bond acceptors (Lipinski definition) is 5. The van der Waals surface area contributed by atoms with Crippen molar-refractivity contribution in [2.45, 2.75) is 30.8 Å². The zero-order chi connectivity index (χ0) is 17.8. The van der Waals surface area contributed by atoms with Gasteiger partial charge >= 0.3 is 0 Å². The van der Waals surface area contributed by atoms with E-state index >= 15 is 0 Å². The van der Waals surface area contributed by atoms with Crippen molar-refractivity contribution in [2.75, 3.05) is 0 Å². The standard InChI is InChI=1S/C18H20N4O2S/c1-14(2)17-13-20(12-15-8-6-7-11-19-15)18(21(17)22(23)24)25-16-9-4-3-5-10-16/h3-11,13-14,18H,12H2,1-2H3.